The van der Waals surface area contributed by atoms with Crippen molar-refractivity contribution >= 4 is 21.7 Å². The number of anilines is 1. The highest BCUT2D eigenvalue weighted by Gasteiger charge is 2.26. The standard InChI is InChI=1S/C12H20BrN3O/c1-5-7-8-9(13)10(14)16-11(15-8)12(3,4)17-6-2/h5-7H2,1-4H3,(H2,14,15,16). The van der Waals surface area contributed by atoms with E-state index in [-0.39, 0.29) is 0 Å². The van der Waals surface area contributed by atoms with E-state index in [0.717, 1.165) is 23.0 Å². The molecule has 1 heterocycles. The Morgan fingerprint density at radius 1 is 1.29 bits per heavy atom. The van der Waals surface area contributed by atoms with Gasteiger partial charge in [0.1, 0.15) is 11.4 Å². The minimum atomic E-state index is -0.508. The quantitative estimate of drug-likeness (QED) is 0.908. The lowest BCUT2D eigenvalue weighted by Crippen LogP contribution is -2.26. The van der Waals surface area contributed by atoms with E-state index < -0.39 is 5.60 Å². The van der Waals surface area contributed by atoms with E-state index in [0.29, 0.717) is 18.2 Å². The molecule has 0 spiro atoms. The lowest BCUT2D eigenvalue weighted by atomic mass is 10.1. The Morgan fingerprint density at radius 2 is 1.94 bits per heavy atom. The zero-order valence-electron chi connectivity index (χ0n) is 10.9. The molecule has 17 heavy (non-hydrogen) atoms. The second kappa shape index (κ2) is 5.78. The van der Waals surface area contributed by atoms with Gasteiger partial charge in [-0.3, -0.25) is 0 Å². The van der Waals surface area contributed by atoms with Crippen LogP contribution in [0.5, 0.6) is 0 Å². The summed E-state index contributed by atoms with van der Waals surface area (Å²) in [4.78, 5) is 8.85. The summed E-state index contributed by atoms with van der Waals surface area (Å²) in [6, 6.07) is 0. The molecule has 0 fully saturated rings. The largest absolute Gasteiger partial charge is 0.383 e. The molecule has 0 aromatic carbocycles. The number of hydrogen-bond acceptors (Lipinski definition) is 4. The molecule has 4 nitrogen and oxygen atoms in total. The third kappa shape index (κ3) is 3.39. The van der Waals surface area contributed by atoms with Gasteiger partial charge in [-0.2, -0.15) is 0 Å². The monoisotopic (exact) mass is 301 g/mol. The van der Waals surface area contributed by atoms with Crippen LogP contribution < -0.4 is 5.73 Å². The average Bonchev–Trinajstić information content (AvgIpc) is 2.24. The molecule has 0 bridgehead atoms. The number of nitrogens with zero attached hydrogens (tertiary/aromatic N) is 2. The van der Waals surface area contributed by atoms with Crippen LogP contribution in [0.2, 0.25) is 0 Å². The molecule has 0 saturated carbocycles. The van der Waals surface area contributed by atoms with Crippen LogP contribution in [0.3, 0.4) is 0 Å². The summed E-state index contributed by atoms with van der Waals surface area (Å²) in [6.07, 6.45) is 1.89. The Hall–Kier alpha value is -0.680. The van der Waals surface area contributed by atoms with Crippen molar-refractivity contribution in [3.63, 3.8) is 0 Å². The first-order chi connectivity index (χ1) is 7.92. The Kier molecular flexibility index (Phi) is 4.89. The van der Waals surface area contributed by atoms with Gasteiger partial charge in [-0.1, -0.05) is 13.3 Å². The SMILES string of the molecule is CCCc1nc(C(C)(C)OCC)nc(N)c1Br. The number of nitrogen functional groups attached to an aromatic ring is 1. The maximum absolute atomic E-state index is 5.89. The van der Waals surface area contributed by atoms with Crippen molar-refractivity contribution in [2.75, 3.05) is 12.3 Å². The predicted octanol–water partition coefficient (Wildman–Crippen LogP) is 3.05. The van der Waals surface area contributed by atoms with E-state index >= 15 is 0 Å². The van der Waals surface area contributed by atoms with Gasteiger partial charge in [-0.05, 0) is 43.1 Å². The zero-order valence-corrected chi connectivity index (χ0v) is 12.5. The van der Waals surface area contributed by atoms with Gasteiger partial charge in [0.05, 0.1) is 10.2 Å². The van der Waals surface area contributed by atoms with Crippen molar-refractivity contribution in [1.29, 1.82) is 0 Å². The highest BCUT2D eigenvalue weighted by Crippen LogP contribution is 2.27. The Morgan fingerprint density at radius 3 is 2.47 bits per heavy atom. The molecule has 0 atom stereocenters. The van der Waals surface area contributed by atoms with Gasteiger partial charge in [0.15, 0.2) is 5.82 Å². The molecule has 5 heteroatoms. The minimum absolute atomic E-state index is 0.478. The maximum Gasteiger partial charge on any atom is 0.162 e. The van der Waals surface area contributed by atoms with Gasteiger partial charge in [0, 0.05) is 6.61 Å². The summed E-state index contributed by atoms with van der Waals surface area (Å²) in [5, 5.41) is 0. The average molecular weight is 302 g/mol. The number of rotatable bonds is 5. The molecule has 0 aliphatic carbocycles. The van der Waals surface area contributed by atoms with E-state index in [1.54, 1.807) is 0 Å². The first-order valence-electron chi connectivity index (χ1n) is 5.88. The second-order valence-electron chi connectivity index (χ2n) is 4.39. The molecule has 0 saturated heterocycles. The summed E-state index contributed by atoms with van der Waals surface area (Å²) in [6.45, 7) is 8.59. The summed E-state index contributed by atoms with van der Waals surface area (Å²) < 4.78 is 6.45. The number of ether oxygens (including phenoxy) is 1. The van der Waals surface area contributed by atoms with Crippen LogP contribution in [-0.4, -0.2) is 16.6 Å². The number of aryl methyl sites for hydroxylation is 1. The topological polar surface area (TPSA) is 61.0 Å². The Bertz CT molecular complexity index is 394. The normalized spacial score (nSPS) is 11.8. The van der Waals surface area contributed by atoms with Crippen molar-refractivity contribution in [1.82, 2.24) is 9.97 Å². The molecule has 0 aliphatic rings. The molecule has 1 aromatic rings. The van der Waals surface area contributed by atoms with Crippen LogP contribution in [0, 0.1) is 0 Å². The Labute approximate surface area is 111 Å². The van der Waals surface area contributed by atoms with Crippen LogP contribution in [0.1, 0.15) is 45.6 Å². The van der Waals surface area contributed by atoms with E-state index in [1.165, 1.54) is 0 Å². The van der Waals surface area contributed by atoms with Gasteiger partial charge < -0.3 is 10.5 Å². The van der Waals surface area contributed by atoms with Crippen LogP contribution in [0.4, 0.5) is 5.82 Å². The molecule has 2 N–H and O–H groups in total. The molecule has 0 unspecified atom stereocenters. The Balaban J connectivity index is 3.17. The summed E-state index contributed by atoms with van der Waals surface area (Å²) >= 11 is 3.43. The predicted molar refractivity (Wildman–Crippen MR) is 72.8 cm³/mol. The first-order valence-corrected chi connectivity index (χ1v) is 6.68. The fourth-order valence-corrected chi connectivity index (χ4v) is 1.99. The maximum atomic E-state index is 5.89. The third-order valence-corrected chi connectivity index (χ3v) is 3.34. The van der Waals surface area contributed by atoms with Crippen LogP contribution in [-0.2, 0) is 16.8 Å². The molecule has 0 amide bonds. The van der Waals surface area contributed by atoms with E-state index in [2.05, 4.69) is 32.8 Å². The van der Waals surface area contributed by atoms with Crippen LogP contribution >= 0.6 is 15.9 Å². The summed E-state index contributed by atoms with van der Waals surface area (Å²) in [5.41, 5.74) is 6.33. The van der Waals surface area contributed by atoms with Crippen molar-refractivity contribution in [3.05, 3.63) is 16.0 Å². The number of aromatic nitrogens is 2. The molecular weight excluding hydrogens is 282 g/mol. The lowest BCUT2D eigenvalue weighted by Gasteiger charge is -2.24. The molecule has 1 aromatic heterocycles. The fourth-order valence-electron chi connectivity index (χ4n) is 1.61. The summed E-state index contributed by atoms with van der Waals surface area (Å²) in [5.74, 6) is 1.12. The van der Waals surface area contributed by atoms with Crippen molar-refractivity contribution in [2.45, 2.75) is 46.1 Å². The van der Waals surface area contributed by atoms with Crippen molar-refractivity contribution in [2.24, 2.45) is 0 Å². The molecule has 96 valence electrons. The third-order valence-electron chi connectivity index (χ3n) is 2.48. The molecular formula is C12H20BrN3O. The van der Waals surface area contributed by atoms with Crippen molar-refractivity contribution in [3.8, 4) is 0 Å². The number of nitrogens with two attached hydrogens (primary N) is 1. The van der Waals surface area contributed by atoms with Gasteiger partial charge in [0.2, 0.25) is 0 Å². The van der Waals surface area contributed by atoms with E-state index in [1.807, 2.05) is 20.8 Å². The van der Waals surface area contributed by atoms with E-state index in [9.17, 15) is 0 Å². The molecule has 0 radical (unpaired) electrons. The highest BCUT2D eigenvalue weighted by molar-refractivity contribution is 9.10. The lowest BCUT2D eigenvalue weighted by molar-refractivity contribution is -0.0208. The van der Waals surface area contributed by atoms with Gasteiger partial charge in [0.25, 0.3) is 0 Å². The smallest absolute Gasteiger partial charge is 0.162 e. The van der Waals surface area contributed by atoms with Crippen molar-refractivity contribution < 1.29 is 4.74 Å². The van der Waals surface area contributed by atoms with Gasteiger partial charge in [-0.15, -0.1) is 0 Å². The number of halogens is 1. The molecule has 1 rings (SSSR count). The second-order valence-corrected chi connectivity index (χ2v) is 5.18. The zero-order chi connectivity index (χ0) is 13.1. The summed E-state index contributed by atoms with van der Waals surface area (Å²) in [7, 11) is 0. The highest BCUT2D eigenvalue weighted by atomic mass is 79.9. The fraction of sp³-hybridized carbons (Fsp3) is 0.667. The minimum Gasteiger partial charge on any atom is -0.383 e. The number of hydrogen-bond donors (Lipinski definition) is 1. The molecule has 0 aliphatic heterocycles. The van der Waals surface area contributed by atoms with Crippen LogP contribution in [0.25, 0.3) is 0 Å². The van der Waals surface area contributed by atoms with E-state index in [4.69, 9.17) is 10.5 Å². The van der Waals surface area contributed by atoms with Gasteiger partial charge >= 0.3 is 0 Å². The van der Waals surface area contributed by atoms with Crippen LogP contribution in [0.15, 0.2) is 4.47 Å². The first kappa shape index (κ1) is 14.4. The van der Waals surface area contributed by atoms with Gasteiger partial charge in [-0.25, -0.2) is 9.97 Å².